The van der Waals surface area contributed by atoms with Crippen LogP contribution in [0.3, 0.4) is 0 Å². The van der Waals surface area contributed by atoms with E-state index in [0.717, 1.165) is 46.5 Å². The number of hydrogen-bond acceptors (Lipinski definition) is 3. The molecule has 0 aliphatic carbocycles. The molecule has 174 valence electrons. The molecule has 0 aliphatic heterocycles. The van der Waals surface area contributed by atoms with Gasteiger partial charge < -0.3 is 0 Å². The monoisotopic (exact) mass is 455 g/mol. The van der Waals surface area contributed by atoms with Gasteiger partial charge in [0, 0.05) is 25.3 Å². The van der Waals surface area contributed by atoms with Crippen LogP contribution in [-0.4, -0.2) is 23.1 Å². The molecule has 0 atom stereocenters. The Kier molecular flexibility index (Phi) is 5.27. The lowest BCUT2D eigenvalue weighted by atomic mass is 10.1. The van der Waals surface area contributed by atoms with E-state index < -0.39 is 0 Å². The van der Waals surface area contributed by atoms with Gasteiger partial charge in [-0.05, 0) is 49.9 Å². The molecule has 5 rings (SSSR count). The highest BCUT2D eigenvalue weighted by Crippen LogP contribution is 2.34. The van der Waals surface area contributed by atoms with Gasteiger partial charge in [0.1, 0.15) is 0 Å². The molecular weight excluding hydrogens is 426 g/mol. The van der Waals surface area contributed by atoms with Crippen molar-refractivity contribution in [1.29, 1.82) is 0 Å². The van der Waals surface area contributed by atoms with Gasteiger partial charge in [0.2, 0.25) is 5.78 Å². The molecule has 0 saturated carbocycles. The van der Waals surface area contributed by atoms with E-state index in [1.54, 1.807) is 7.05 Å². The summed E-state index contributed by atoms with van der Waals surface area (Å²) in [7, 11) is 3.19. The topological polar surface area (TPSA) is 66.2 Å². The first-order valence-corrected chi connectivity index (χ1v) is 11.7. The van der Waals surface area contributed by atoms with Gasteiger partial charge in [0.05, 0.1) is 11.4 Å². The van der Waals surface area contributed by atoms with Gasteiger partial charge in [-0.3, -0.25) is 22.9 Å². The van der Waals surface area contributed by atoms with Crippen LogP contribution in [0.4, 0.5) is 0 Å². The molecule has 0 radical (unpaired) electrons. The lowest BCUT2D eigenvalue weighted by molar-refractivity contribution is 0.706. The highest BCUT2D eigenvalue weighted by atomic mass is 16.2. The molecule has 7 heteroatoms. The quantitative estimate of drug-likeness (QED) is 0.397. The molecule has 3 aromatic heterocycles. The molecule has 0 unspecified atom stereocenters. The number of unbranched alkanes of at least 4 members (excludes halogenated alkanes) is 1. The van der Waals surface area contributed by atoms with Gasteiger partial charge in [-0.15, -0.1) is 0 Å². The van der Waals surface area contributed by atoms with E-state index in [4.69, 9.17) is 4.98 Å². The van der Waals surface area contributed by atoms with Crippen molar-refractivity contribution >= 4 is 16.9 Å². The fraction of sp³-hybridized carbons (Fsp3) is 0.296. The van der Waals surface area contributed by atoms with Crippen molar-refractivity contribution in [3.63, 3.8) is 0 Å². The normalized spacial score (nSPS) is 11.7. The smallest absolute Gasteiger partial charge is 0.279 e. The van der Waals surface area contributed by atoms with Crippen molar-refractivity contribution < 1.29 is 0 Å². The summed E-state index contributed by atoms with van der Waals surface area (Å²) in [6.07, 6.45) is 2.78. The number of fused-ring (bicyclic) bond motifs is 3. The number of imidazole rings is 2. The summed E-state index contributed by atoms with van der Waals surface area (Å²) in [4.78, 5) is 30.9. The number of benzene rings is 2. The summed E-state index contributed by atoms with van der Waals surface area (Å²) < 4.78 is 6.73. The number of hydrogen-bond donors (Lipinski definition) is 0. The van der Waals surface area contributed by atoms with E-state index in [1.807, 2.05) is 22.6 Å². The largest absolute Gasteiger partial charge is 0.332 e. The zero-order chi connectivity index (χ0) is 24.1. The maximum absolute atomic E-state index is 13.4. The van der Waals surface area contributed by atoms with E-state index in [0.29, 0.717) is 16.9 Å². The Labute approximate surface area is 197 Å². The van der Waals surface area contributed by atoms with Gasteiger partial charge in [-0.25, -0.2) is 4.79 Å². The highest BCUT2D eigenvalue weighted by Gasteiger charge is 2.26. The van der Waals surface area contributed by atoms with Crippen LogP contribution in [0.2, 0.25) is 0 Å². The van der Waals surface area contributed by atoms with Gasteiger partial charge in [0.25, 0.3) is 5.56 Å². The van der Waals surface area contributed by atoms with Crippen LogP contribution in [-0.2, 0) is 20.5 Å². The minimum atomic E-state index is -0.380. The molecule has 2 aromatic carbocycles. The van der Waals surface area contributed by atoms with Crippen LogP contribution in [0.25, 0.3) is 33.9 Å². The second kappa shape index (κ2) is 8.17. The Morgan fingerprint density at radius 2 is 1.65 bits per heavy atom. The number of rotatable bonds is 5. The second-order valence-electron chi connectivity index (χ2n) is 8.99. The first-order valence-electron chi connectivity index (χ1n) is 11.7. The summed E-state index contributed by atoms with van der Waals surface area (Å²) in [5.41, 5.74) is 6.61. The standard InChI is InChI=1S/C27H29N5O2/c1-6-7-13-21-22(19-11-9-8-10-12-19)31(20-15-14-17(2)18(3)16-20)26-28-24-23(32(21)26)25(33)30(5)27(34)29(24)4/h8-12,14-16H,6-7,13H2,1-5H3. The van der Waals surface area contributed by atoms with Crippen LogP contribution in [0.15, 0.2) is 58.1 Å². The molecule has 0 fully saturated rings. The van der Waals surface area contributed by atoms with Crippen molar-refractivity contribution in [2.75, 3.05) is 0 Å². The molecule has 34 heavy (non-hydrogen) atoms. The SMILES string of the molecule is CCCCc1c(-c2ccccc2)n(-c2ccc(C)c(C)c2)c2nc3c(c(=O)n(C)c(=O)n3C)n12. The lowest BCUT2D eigenvalue weighted by Crippen LogP contribution is -2.37. The molecule has 5 aromatic rings. The van der Waals surface area contributed by atoms with Crippen molar-refractivity contribution in [3.8, 4) is 16.9 Å². The number of aromatic nitrogens is 5. The van der Waals surface area contributed by atoms with Crippen LogP contribution >= 0.6 is 0 Å². The zero-order valence-corrected chi connectivity index (χ0v) is 20.3. The van der Waals surface area contributed by atoms with Crippen LogP contribution in [0, 0.1) is 13.8 Å². The average molecular weight is 456 g/mol. The summed E-state index contributed by atoms with van der Waals surface area (Å²) in [6.45, 7) is 6.36. The van der Waals surface area contributed by atoms with Crippen molar-refractivity contribution in [3.05, 3.63) is 86.2 Å². The fourth-order valence-corrected chi connectivity index (χ4v) is 4.70. The van der Waals surface area contributed by atoms with E-state index in [9.17, 15) is 9.59 Å². The first kappa shape index (κ1) is 21.9. The van der Waals surface area contributed by atoms with Crippen molar-refractivity contribution in [2.45, 2.75) is 40.0 Å². The summed E-state index contributed by atoms with van der Waals surface area (Å²) in [5, 5.41) is 0. The summed E-state index contributed by atoms with van der Waals surface area (Å²) in [6, 6.07) is 16.6. The van der Waals surface area contributed by atoms with E-state index in [2.05, 4.69) is 55.7 Å². The maximum Gasteiger partial charge on any atom is 0.332 e. The third-order valence-electron chi connectivity index (χ3n) is 6.77. The van der Waals surface area contributed by atoms with Gasteiger partial charge >= 0.3 is 5.69 Å². The lowest BCUT2D eigenvalue weighted by Gasteiger charge is -2.13. The maximum atomic E-state index is 13.4. The molecule has 0 bridgehead atoms. The highest BCUT2D eigenvalue weighted by molar-refractivity contribution is 5.81. The molecule has 0 saturated heterocycles. The Morgan fingerprint density at radius 1 is 0.912 bits per heavy atom. The van der Waals surface area contributed by atoms with E-state index >= 15 is 0 Å². The molecule has 7 nitrogen and oxygen atoms in total. The average Bonchev–Trinajstić information content (AvgIpc) is 3.37. The van der Waals surface area contributed by atoms with Crippen LogP contribution in [0.1, 0.15) is 36.6 Å². The van der Waals surface area contributed by atoms with Crippen molar-refractivity contribution in [2.24, 2.45) is 14.1 Å². The second-order valence-corrected chi connectivity index (χ2v) is 8.99. The Balaban J connectivity index is 2.04. The minimum Gasteiger partial charge on any atom is -0.279 e. The Bertz CT molecular complexity index is 1670. The van der Waals surface area contributed by atoms with Gasteiger partial charge in [0.15, 0.2) is 11.2 Å². The molecule has 0 N–H and O–H groups in total. The number of nitrogens with zero attached hydrogens (tertiary/aromatic N) is 5. The number of aryl methyl sites for hydroxylation is 4. The van der Waals surface area contributed by atoms with Crippen molar-refractivity contribution in [1.82, 2.24) is 23.1 Å². The fourth-order valence-electron chi connectivity index (χ4n) is 4.70. The molecule has 0 aliphatic rings. The van der Waals surface area contributed by atoms with E-state index in [1.165, 1.54) is 22.7 Å². The molecule has 0 spiro atoms. The zero-order valence-electron chi connectivity index (χ0n) is 20.3. The predicted molar refractivity (Wildman–Crippen MR) is 136 cm³/mol. The molecule has 3 heterocycles. The third kappa shape index (κ3) is 3.15. The van der Waals surface area contributed by atoms with Crippen LogP contribution < -0.4 is 11.2 Å². The molecule has 0 amide bonds. The molecular formula is C27H29N5O2. The summed E-state index contributed by atoms with van der Waals surface area (Å²) >= 11 is 0. The Morgan fingerprint density at radius 3 is 2.32 bits per heavy atom. The third-order valence-corrected chi connectivity index (χ3v) is 6.77. The van der Waals surface area contributed by atoms with E-state index in [-0.39, 0.29) is 11.2 Å². The minimum absolute atomic E-state index is 0.333. The Hall–Kier alpha value is -3.87. The first-order chi connectivity index (χ1) is 16.3. The van der Waals surface area contributed by atoms with Gasteiger partial charge in [-0.1, -0.05) is 49.7 Å². The predicted octanol–water partition coefficient (Wildman–Crippen LogP) is 4.30. The van der Waals surface area contributed by atoms with Crippen LogP contribution in [0.5, 0.6) is 0 Å². The van der Waals surface area contributed by atoms with Gasteiger partial charge in [-0.2, -0.15) is 4.98 Å². The summed E-state index contributed by atoms with van der Waals surface area (Å²) in [5.74, 6) is 0.640.